The molecular formula is C27H36O4. The summed E-state index contributed by atoms with van der Waals surface area (Å²) < 4.78 is 10.7. The molecule has 0 spiro atoms. The Morgan fingerprint density at radius 1 is 1.03 bits per heavy atom. The Hall–Kier alpha value is -1.84. The molecule has 0 amide bonds. The molecule has 0 N–H and O–H groups in total. The lowest BCUT2D eigenvalue weighted by Crippen LogP contribution is -2.60. The number of ether oxygens (including phenoxy) is 1. The van der Waals surface area contributed by atoms with E-state index in [9.17, 15) is 9.59 Å². The summed E-state index contributed by atoms with van der Waals surface area (Å²) in [6.45, 7) is 9.30. The molecule has 0 radical (unpaired) electrons. The molecule has 0 bridgehead atoms. The average molecular weight is 425 g/mol. The van der Waals surface area contributed by atoms with Gasteiger partial charge in [0.25, 0.3) is 0 Å². The highest BCUT2D eigenvalue weighted by molar-refractivity contribution is 6.00. The summed E-state index contributed by atoms with van der Waals surface area (Å²) in [5, 5.41) is 0. The van der Waals surface area contributed by atoms with Gasteiger partial charge in [-0.25, -0.2) is 0 Å². The molecule has 31 heavy (non-hydrogen) atoms. The molecule has 4 aliphatic rings. The van der Waals surface area contributed by atoms with Crippen molar-refractivity contribution in [2.75, 3.05) is 7.11 Å². The fraction of sp³-hybridized carbons (Fsp3) is 0.704. The van der Waals surface area contributed by atoms with Crippen molar-refractivity contribution >= 4 is 11.8 Å². The van der Waals surface area contributed by atoms with Gasteiger partial charge in [-0.15, -0.1) is 0 Å². The van der Waals surface area contributed by atoms with Crippen LogP contribution in [0.2, 0.25) is 0 Å². The smallest absolute Gasteiger partial charge is 0.311 e. The van der Waals surface area contributed by atoms with Gasteiger partial charge in [-0.1, -0.05) is 32.8 Å². The van der Waals surface area contributed by atoms with Gasteiger partial charge in [-0.05, 0) is 80.3 Å². The standard InChI is InChI=1S/C27H36O4/c1-24-10-6-11-27(4,23(29)30-5)20(24)7-12-25(2)19(24)8-13-26(3)21(25)15-18(28)22(26)17-9-14-31-16-17/h9,14-16,19-20,22H,6-8,10-13H2,1-5H3/t19-,20-,22+,24-,25-,26+,27+/m1/s1. The highest BCUT2D eigenvalue weighted by Gasteiger charge is 2.67. The predicted molar refractivity (Wildman–Crippen MR) is 118 cm³/mol. The Labute approximate surface area is 185 Å². The van der Waals surface area contributed by atoms with E-state index in [-0.39, 0.29) is 33.9 Å². The van der Waals surface area contributed by atoms with Crippen LogP contribution in [0.15, 0.2) is 34.7 Å². The number of hydrogen-bond donors (Lipinski definition) is 0. The van der Waals surface area contributed by atoms with Crippen molar-refractivity contribution in [2.24, 2.45) is 33.5 Å². The number of carbonyl (C=O) groups is 2. The topological polar surface area (TPSA) is 56.5 Å². The minimum Gasteiger partial charge on any atom is -0.472 e. The quantitative estimate of drug-likeness (QED) is 0.540. The zero-order valence-corrected chi connectivity index (χ0v) is 19.6. The van der Waals surface area contributed by atoms with Gasteiger partial charge < -0.3 is 9.15 Å². The molecule has 0 saturated heterocycles. The lowest BCUT2D eigenvalue weighted by Gasteiger charge is -2.66. The maximum atomic E-state index is 13.3. The SMILES string of the molecule is COC(=O)[C@@]1(C)CCC[C@]2(C)[C@H]3CC[C@@]4(C)C(=CC(=O)[C@@H]4c4ccoc4)[C@]3(C)CC[C@H]21. The lowest BCUT2D eigenvalue weighted by molar-refractivity contribution is -0.181. The van der Waals surface area contributed by atoms with Crippen LogP contribution in [0.25, 0.3) is 0 Å². The summed E-state index contributed by atoms with van der Waals surface area (Å²) in [5.74, 6) is 0.888. The van der Waals surface area contributed by atoms with E-state index in [1.165, 1.54) is 12.7 Å². The molecule has 7 atom stereocenters. The van der Waals surface area contributed by atoms with Crippen LogP contribution in [-0.4, -0.2) is 18.9 Å². The molecule has 168 valence electrons. The van der Waals surface area contributed by atoms with Crippen LogP contribution in [0, 0.1) is 33.5 Å². The van der Waals surface area contributed by atoms with Crippen molar-refractivity contribution < 1.29 is 18.7 Å². The summed E-state index contributed by atoms with van der Waals surface area (Å²) in [5.41, 5.74) is 1.92. The van der Waals surface area contributed by atoms with Crippen LogP contribution in [0.4, 0.5) is 0 Å². The number of hydrogen-bond acceptors (Lipinski definition) is 4. The van der Waals surface area contributed by atoms with E-state index in [0.29, 0.717) is 11.8 Å². The Bertz CT molecular complexity index is 944. The Morgan fingerprint density at radius 2 is 1.74 bits per heavy atom. The molecule has 5 rings (SSSR count). The zero-order valence-electron chi connectivity index (χ0n) is 19.6. The maximum Gasteiger partial charge on any atom is 0.311 e. The highest BCUT2D eigenvalue weighted by atomic mass is 16.5. The van der Waals surface area contributed by atoms with Crippen LogP contribution in [0.3, 0.4) is 0 Å². The molecule has 1 aromatic rings. The summed E-state index contributed by atoms with van der Waals surface area (Å²) >= 11 is 0. The van der Waals surface area contributed by atoms with E-state index < -0.39 is 5.41 Å². The molecule has 0 unspecified atom stereocenters. The van der Waals surface area contributed by atoms with Gasteiger partial charge in [0.2, 0.25) is 0 Å². The van der Waals surface area contributed by atoms with E-state index in [0.717, 1.165) is 50.5 Å². The van der Waals surface area contributed by atoms with Crippen molar-refractivity contribution in [3.8, 4) is 0 Å². The van der Waals surface area contributed by atoms with Crippen molar-refractivity contribution in [3.05, 3.63) is 35.8 Å². The van der Waals surface area contributed by atoms with Crippen molar-refractivity contribution in [1.29, 1.82) is 0 Å². The molecule has 4 nitrogen and oxygen atoms in total. The van der Waals surface area contributed by atoms with E-state index in [4.69, 9.17) is 9.15 Å². The van der Waals surface area contributed by atoms with Gasteiger partial charge in [0.05, 0.1) is 31.0 Å². The van der Waals surface area contributed by atoms with Gasteiger partial charge in [-0.2, -0.15) is 0 Å². The normalized spacial score (nSPS) is 46.5. The summed E-state index contributed by atoms with van der Waals surface area (Å²) in [7, 11) is 1.53. The first-order valence-corrected chi connectivity index (χ1v) is 12.0. The minimum atomic E-state index is -0.400. The number of ketones is 1. The van der Waals surface area contributed by atoms with Gasteiger partial charge in [0.15, 0.2) is 5.78 Å². The number of fused-ring (bicyclic) bond motifs is 5. The van der Waals surface area contributed by atoms with Gasteiger partial charge >= 0.3 is 5.97 Å². The molecule has 1 aromatic heterocycles. The van der Waals surface area contributed by atoms with Crippen molar-refractivity contribution in [3.63, 3.8) is 0 Å². The molecule has 0 aromatic carbocycles. The van der Waals surface area contributed by atoms with Crippen LogP contribution in [0.5, 0.6) is 0 Å². The second-order valence-corrected chi connectivity index (χ2v) is 11.7. The fourth-order valence-corrected chi connectivity index (χ4v) is 9.14. The Balaban J connectivity index is 1.55. The number of methoxy groups -OCH3 is 1. The average Bonchev–Trinajstić information content (AvgIpc) is 3.32. The van der Waals surface area contributed by atoms with E-state index in [1.807, 2.05) is 12.1 Å². The van der Waals surface area contributed by atoms with Crippen molar-refractivity contribution in [2.45, 2.75) is 78.6 Å². The van der Waals surface area contributed by atoms with Gasteiger partial charge in [-0.3, -0.25) is 9.59 Å². The summed E-state index contributed by atoms with van der Waals surface area (Å²) in [6.07, 6.45) is 12.8. The maximum absolute atomic E-state index is 13.3. The minimum absolute atomic E-state index is 0.000759. The second kappa shape index (κ2) is 6.59. The molecule has 1 heterocycles. The second-order valence-electron chi connectivity index (χ2n) is 11.7. The number of furan rings is 1. The molecule has 3 fully saturated rings. The first-order valence-electron chi connectivity index (χ1n) is 12.0. The number of rotatable bonds is 2. The van der Waals surface area contributed by atoms with E-state index in [1.54, 1.807) is 12.5 Å². The van der Waals surface area contributed by atoms with Crippen LogP contribution in [-0.2, 0) is 14.3 Å². The number of carbonyl (C=O) groups excluding carboxylic acids is 2. The van der Waals surface area contributed by atoms with Crippen LogP contribution >= 0.6 is 0 Å². The van der Waals surface area contributed by atoms with Gasteiger partial charge in [0, 0.05) is 11.0 Å². The summed E-state index contributed by atoms with van der Waals surface area (Å²) in [4.78, 5) is 26.2. The third-order valence-corrected chi connectivity index (χ3v) is 10.4. The zero-order chi connectivity index (χ0) is 22.2. The lowest BCUT2D eigenvalue weighted by atomic mass is 9.38. The third-order valence-electron chi connectivity index (χ3n) is 10.4. The first-order chi connectivity index (χ1) is 14.6. The summed E-state index contributed by atoms with van der Waals surface area (Å²) in [6, 6.07) is 1.96. The predicted octanol–water partition coefficient (Wildman–Crippen LogP) is 6.07. The van der Waals surface area contributed by atoms with Crippen LogP contribution in [0.1, 0.15) is 84.1 Å². The molecule has 0 aliphatic heterocycles. The fourth-order valence-electron chi connectivity index (χ4n) is 9.14. The first kappa shape index (κ1) is 21.0. The third kappa shape index (κ3) is 2.54. The monoisotopic (exact) mass is 424 g/mol. The molecule has 4 heteroatoms. The Morgan fingerprint density at radius 3 is 2.42 bits per heavy atom. The number of esters is 1. The van der Waals surface area contributed by atoms with Crippen molar-refractivity contribution in [1.82, 2.24) is 0 Å². The van der Waals surface area contributed by atoms with E-state index in [2.05, 4.69) is 27.7 Å². The highest BCUT2D eigenvalue weighted by Crippen LogP contribution is 2.73. The Kier molecular flexibility index (Phi) is 4.47. The molecular weight excluding hydrogens is 388 g/mol. The number of allylic oxidation sites excluding steroid dienone is 2. The van der Waals surface area contributed by atoms with Crippen LogP contribution < -0.4 is 0 Å². The van der Waals surface area contributed by atoms with E-state index >= 15 is 0 Å². The largest absolute Gasteiger partial charge is 0.472 e. The molecule has 3 saturated carbocycles. The van der Waals surface area contributed by atoms with Gasteiger partial charge in [0.1, 0.15) is 0 Å². The molecule has 4 aliphatic carbocycles.